The summed E-state index contributed by atoms with van der Waals surface area (Å²) >= 11 is 0. The normalized spacial score (nSPS) is 15.0. The van der Waals surface area contributed by atoms with Crippen LogP contribution in [0.4, 0.5) is 0 Å². The molecule has 2 aromatic carbocycles. The number of rotatable bonds is 8. The van der Waals surface area contributed by atoms with Gasteiger partial charge in [0.05, 0.1) is 6.61 Å². The molecule has 0 radical (unpaired) electrons. The molecule has 1 fully saturated rings. The van der Waals surface area contributed by atoms with Crippen molar-refractivity contribution in [3.63, 3.8) is 0 Å². The molecule has 2 aromatic rings. The van der Waals surface area contributed by atoms with Crippen LogP contribution in [0.1, 0.15) is 43.7 Å². The average Bonchev–Trinajstić information content (AvgIpc) is 2.73. The van der Waals surface area contributed by atoms with Crippen molar-refractivity contribution in [2.24, 2.45) is 5.92 Å². The van der Waals surface area contributed by atoms with Gasteiger partial charge in [-0.25, -0.2) is 0 Å². The Morgan fingerprint density at radius 3 is 2.36 bits per heavy atom. The molecular weight excluding hydrogens is 350 g/mol. The van der Waals surface area contributed by atoms with Gasteiger partial charge in [0.1, 0.15) is 5.75 Å². The van der Waals surface area contributed by atoms with E-state index in [0.717, 1.165) is 38.3 Å². The molecule has 0 bridgehead atoms. The number of hydrogen-bond donors (Lipinski definition) is 0. The van der Waals surface area contributed by atoms with E-state index in [9.17, 15) is 4.79 Å². The monoisotopic (exact) mass is 381 g/mol. The van der Waals surface area contributed by atoms with Gasteiger partial charge in [-0.3, -0.25) is 4.79 Å². The molecule has 0 aliphatic carbocycles. The number of carbonyl (C=O) groups excluding carboxylic acids is 1. The largest absolute Gasteiger partial charge is 0.484 e. The van der Waals surface area contributed by atoms with E-state index in [1.807, 2.05) is 35.2 Å². The third-order valence-electron chi connectivity index (χ3n) is 5.34. The molecule has 150 valence electrons. The van der Waals surface area contributed by atoms with Crippen molar-refractivity contribution in [3.8, 4) is 5.75 Å². The molecule has 4 heteroatoms. The van der Waals surface area contributed by atoms with Crippen molar-refractivity contribution < 1.29 is 14.3 Å². The summed E-state index contributed by atoms with van der Waals surface area (Å²) in [4.78, 5) is 14.3. The maximum atomic E-state index is 12.4. The molecule has 3 rings (SSSR count). The minimum Gasteiger partial charge on any atom is -0.484 e. The maximum absolute atomic E-state index is 12.4. The fourth-order valence-electron chi connectivity index (χ4n) is 3.45. The Bertz CT molecular complexity index is 719. The van der Waals surface area contributed by atoms with Crippen LogP contribution in [0.3, 0.4) is 0 Å². The molecule has 1 saturated heterocycles. The fraction of sp³-hybridized carbons (Fsp3) is 0.458. The highest BCUT2D eigenvalue weighted by Gasteiger charge is 2.23. The van der Waals surface area contributed by atoms with Gasteiger partial charge in [0.15, 0.2) is 6.61 Å². The van der Waals surface area contributed by atoms with Crippen LogP contribution in [0.25, 0.3) is 0 Å². The van der Waals surface area contributed by atoms with Crippen LogP contribution in [-0.2, 0) is 16.1 Å². The van der Waals surface area contributed by atoms with Crippen LogP contribution >= 0.6 is 0 Å². The third-order valence-corrected chi connectivity index (χ3v) is 5.34. The minimum atomic E-state index is 0.0663. The number of ether oxygens (including phenoxy) is 2. The molecule has 0 saturated carbocycles. The summed E-state index contributed by atoms with van der Waals surface area (Å²) in [6.07, 6.45) is 1.98. The van der Waals surface area contributed by atoms with E-state index in [4.69, 9.17) is 9.47 Å². The van der Waals surface area contributed by atoms with Gasteiger partial charge < -0.3 is 14.4 Å². The van der Waals surface area contributed by atoms with E-state index >= 15 is 0 Å². The highest BCUT2D eigenvalue weighted by atomic mass is 16.5. The first-order chi connectivity index (χ1) is 13.6. The lowest BCUT2D eigenvalue weighted by molar-refractivity contribution is -0.135. The first-order valence-electron chi connectivity index (χ1n) is 10.2. The van der Waals surface area contributed by atoms with Crippen LogP contribution in [0.15, 0.2) is 54.6 Å². The van der Waals surface area contributed by atoms with Gasteiger partial charge in [-0.05, 0) is 47.9 Å². The minimum absolute atomic E-state index is 0.0663. The second-order valence-corrected chi connectivity index (χ2v) is 7.84. The Balaban J connectivity index is 1.34. The summed E-state index contributed by atoms with van der Waals surface area (Å²) in [6, 6.07) is 18.2. The van der Waals surface area contributed by atoms with E-state index in [1.165, 1.54) is 11.1 Å². The summed E-state index contributed by atoms with van der Waals surface area (Å²) in [5.74, 6) is 1.84. The lowest BCUT2D eigenvalue weighted by atomic mass is 9.98. The highest BCUT2D eigenvalue weighted by Crippen LogP contribution is 2.20. The number of nitrogens with zero attached hydrogens (tertiary/aromatic N) is 1. The SMILES string of the molecule is CC(C)c1ccc(OCC(=O)N2CCC(COCc3ccccc3)CC2)cc1. The predicted octanol–water partition coefficient (Wildman–Crippen LogP) is 4.64. The highest BCUT2D eigenvalue weighted by molar-refractivity contribution is 5.77. The number of piperidine rings is 1. The van der Waals surface area contributed by atoms with Crippen molar-refractivity contribution in [3.05, 3.63) is 65.7 Å². The van der Waals surface area contributed by atoms with E-state index < -0.39 is 0 Å². The number of benzene rings is 2. The summed E-state index contributed by atoms with van der Waals surface area (Å²) in [5, 5.41) is 0. The molecule has 1 heterocycles. The Hall–Kier alpha value is -2.33. The molecule has 1 amide bonds. The quantitative estimate of drug-likeness (QED) is 0.668. The second-order valence-electron chi connectivity index (χ2n) is 7.84. The zero-order chi connectivity index (χ0) is 19.8. The number of carbonyl (C=O) groups is 1. The molecular formula is C24H31NO3. The summed E-state index contributed by atoms with van der Waals surface area (Å²) in [5.41, 5.74) is 2.48. The molecule has 1 aliphatic heterocycles. The third kappa shape index (κ3) is 6.10. The molecule has 0 N–H and O–H groups in total. The van der Waals surface area contributed by atoms with Crippen LogP contribution in [0.5, 0.6) is 5.75 Å². The molecule has 0 aromatic heterocycles. The molecule has 0 atom stereocenters. The Morgan fingerprint density at radius 1 is 1.04 bits per heavy atom. The molecule has 0 unspecified atom stereocenters. The second kappa shape index (κ2) is 10.3. The lowest BCUT2D eigenvalue weighted by Crippen LogP contribution is -2.41. The van der Waals surface area contributed by atoms with Crippen molar-refractivity contribution in [2.45, 2.75) is 39.2 Å². The Labute approximate surface area is 168 Å². The van der Waals surface area contributed by atoms with Crippen LogP contribution < -0.4 is 4.74 Å². The van der Waals surface area contributed by atoms with Gasteiger partial charge in [-0.2, -0.15) is 0 Å². The van der Waals surface area contributed by atoms with Gasteiger partial charge in [0, 0.05) is 19.7 Å². The summed E-state index contributed by atoms with van der Waals surface area (Å²) < 4.78 is 11.5. The fourth-order valence-corrected chi connectivity index (χ4v) is 3.45. The summed E-state index contributed by atoms with van der Waals surface area (Å²) in [7, 11) is 0. The van der Waals surface area contributed by atoms with Gasteiger partial charge in [0.25, 0.3) is 5.91 Å². The molecule has 1 aliphatic rings. The van der Waals surface area contributed by atoms with Crippen LogP contribution in [0, 0.1) is 5.92 Å². The van der Waals surface area contributed by atoms with Crippen molar-refractivity contribution in [1.82, 2.24) is 4.90 Å². The molecule has 28 heavy (non-hydrogen) atoms. The van der Waals surface area contributed by atoms with E-state index in [1.54, 1.807) is 0 Å². The summed E-state index contributed by atoms with van der Waals surface area (Å²) in [6.45, 7) is 7.42. The topological polar surface area (TPSA) is 38.8 Å². The number of hydrogen-bond acceptors (Lipinski definition) is 3. The van der Waals surface area contributed by atoms with Gasteiger partial charge in [0.2, 0.25) is 0 Å². The van der Waals surface area contributed by atoms with E-state index in [0.29, 0.717) is 18.4 Å². The van der Waals surface area contributed by atoms with E-state index in [-0.39, 0.29) is 12.5 Å². The van der Waals surface area contributed by atoms with Crippen molar-refractivity contribution >= 4 is 5.91 Å². The van der Waals surface area contributed by atoms with Crippen molar-refractivity contribution in [1.29, 1.82) is 0 Å². The molecule has 0 spiro atoms. The average molecular weight is 382 g/mol. The Morgan fingerprint density at radius 2 is 1.71 bits per heavy atom. The maximum Gasteiger partial charge on any atom is 0.260 e. The molecule has 4 nitrogen and oxygen atoms in total. The Kier molecular flexibility index (Phi) is 7.49. The van der Waals surface area contributed by atoms with Gasteiger partial charge in [-0.15, -0.1) is 0 Å². The lowest BCUT2D eigenvalue weighted by Gasteiger charge is -2.31. The zero-order valence-electron chi connectivity index (χ0n) is 17.0. The van der Waals surface area contributed by atoms with Crippen LogP contribution in [0.2, 0.25) is 0 Å². The number of likely N-dealkylation sites (tertiary alicyclic amines) is 1. The van der Waals surface area contributed by atoms with Crippen LogP contribution in [-0.4, -0.2) is 37.1 Å². The van der Waals surface area contributed by atoms with E-state index in [2.05, 4.69) is 38.1 Å². The predicted molar refractivity (Wildman–Crippen MR) is 111 cm³/mol. The first kappa shape index (κ1) is 20.4. The first-order valence-corrected chi connectivity index (χ1v) is 10.2. The van der Waals surface area contributed by atoms with Gasteiger partial charge >= 0.3 is 0 Å². The van der Waals surface area contributed by atoms with Gasteiger partial charge in [-0.1, -0.05) is 56.3 Å². The smallest absolute Gasteiger partial charge is 0.260 e. The van der Waals surface area contributed by atoms with Crippen molar-refractivity contribution in [2.75, 3.05) is 26.3 Å². The standard InChI is InChI=1S/C24H31NO3/c1-19(2)22-8-10-23(11-9-22)28-18-24(26)25-14-12-21(13-15-25)17-27-16-20-6-4-3-5-7-20/h3-11,19,21H,12-18H2,1-2H3. The zero-order valence-corrected chi connectivity index (χ0v) is 17.0. The number of amides is 1.